The van der Waals surface area contributed by atoms with Crippen molar-refractivity contribution in [3.63, 3.8) is 0 Å². The van der Waals surface area contributed by atoms with Crippen molar-refractivity contribution < 1.29 is 9.53 Å². The first-order chi connectivity index (χ1) is 10.7. The van der Waals surface area contributed by atoms with Gasteiger partial charge in [-0.15, -0.1) is 0 Å². The number of thioether (sulfide) groups is 1. The lowest BCUT2D eigenvalue weighted by molar-refractivity contribution is -0.137. The summed E-state index contributed by atoms with van der Waals surface area (Å²) in [5.41, 5.74) is 2.56. The average Bonchev–Trinajstić information content (AvgIpc) is 2.98. The van der Waals surface area contributed by atoms with E-state index in [-0.39, 0.29) is 17.3 Å². The topological polar surface area (TPSA) is 87.8 Å². The number of rotatable bonds is 4. The van der Waals surface area contributed by atoms with E-state index in [1.165, 1.54) is 7.11 Å². The van der Waals surface area contributed by atoms with Crippen LogP contribution in [0.1, 0.15) is 0 Å². The molecule has 0 aliphatic heterocycles. The van der Waals surface area contributed by atoms with Crippen molar-refractivity contribution in [2.75, 3.05) is 12.9 Å². The highest BCUT2D eigenvalue weighted by atomic mass is 32.2. The van der Waals surface area contributed by atoms with Gasteiger partial charge in [-0.1, -0.05) is 42.1 Å². The molecule has 0 bridgehead atoms. The molecule has 0 radical (unpaired) electrons. The molecule has 0 saturated carbocycles. The fraction of sp³-hybridized carbons (Fsp3) is 0.133. The maximum absolute atomic E-state index is 12.1. The molecule has 3 aromatic rings. The van der Waals surface area contributed by atoms with Crippen LogP contribution < -0.4 is 5.56 Å². The summed E-state index contributed by atoms with van der Waals surface area (Å²) in [4.78, 5) is 33.4. The lowest BCUT2D eigenvalue weighted by Gasteiger charge is -2.02. The first kappa shape index (κ1) is 14.4. The minimum Gasteiger partial charge on any atom is -0.468 e. The molecule has 2 aromatic heterocycles. The van der Waals surface area contributed by atoms with Gasteiger partial charge in [-0.2, -0.15) is 0 Å². The Hall–Kier alpha value is -2.54. The zero-order valence-corrected chi connectivity index (χ0v) is 12.6. The fourth-order valence-corrected chi connectivity index (χ4v) is 2.78. The predicted octanol–water partition coefficient (Wildman–Crippen LogP) is 2.18. The smallest absolute Gasteiger partial charge is 0.316 e. The minimum absolute atomic E-state index is 0.0933. The highest BCUT2D eigenvalue weighted by Gasteiger charge is 2.13. The molecule has 2 heterocycles. The van der Waals surface area contributed by atoms with E-state index in [1.807, 2.05) is 30.3 Å². The number of aromatic nitrogens is 3. The molecule has 0 unspecified atom stereocenters. The fourth-order valence-electron chi connectivity index (χ4n) is 2.09. The van der Waals surface area contributed by atoms with E-state index in [0.29, 0.717) is 16.2 Å². The molecule has 7 heteroatoms. The van der Waals surface area contributed by atoms with Gasteiger partial charge >= 0.3 is 5.97 Å². The van der Waals surface area contributed by atoms with Crippen LogP contribution in [0.25, 0.3) is 22.2 Å². The molecule has 3 rings (SSSR count). The van der Waals surface area contributed by atoms with Crippen molar-refractivity contribution in [3.05, 3.63) is 46.9 Å². The predicted molar refractivity (Wildman–Crippen MR) is 84.9 cm³/mol. The molecule has 0 spiro atoms. The summed E-state index contributed by atoms with van der Waals surface area (Å²) < 4.78 is 4.58. The Morgan fingerprint density at radius 1 is 1.32 bits per heavy atom. The molecule has 6 nitrogen and oxygen atoms in total. The van der Waals surface area contributed by atoms with E-state index < -0.39 is 0 Å². The van der Waals surface area contributed by atoms with Gasteiger partial charge in [-0.05, 0) is 5.56 Å². The maximum Gasteiger partial charge on any atom is 0.316 e. The maximum atomic E-state index is 12.1. The molecule has 0 aliphatic carbocycles. The van der Waals surface area contributed by atoms with E-state index in [4.69, 9.17) is 0 Å². The van der Waals surface area contributed by atoms with Crippen LogP contribution in [0.15, 0.2) is 46.5 Å². The Labute approximate surface area is 129 Å². The zero-order chi connectivity index (χ0) is 15.5. The van der Waals surface area contributed by atoms with Gasteiger partial charge in [0.15, 0.2) is 5.16 Å². The van der Waals surface area contributed by atoms with E-state index >= 15 is 0 Å². The summed E-state index contributed by atoms with van der Waals surface area (Å²) >= 11 is 1.13. The summed E-state index contributed by atoms with van der Waals surface area (Å²) in [7, 11) is 1.32. The van der Waals surface area contributed by atoms with Crippen LogP contribution in [0.2, 0.25) is 0 Å². The van der Waals surface area contributed by atoms with Gasteiger partial charge in [-0.25, -0.2) is 4.98 Å². The second-order valence-corrected chi connectivity index (χ2v) is 5.49. The summed E-state index contributed by atoms with van der Waals surface area (Å²) in [6, 6.07) is 9.68. The van der Waals surface area contributed by atoms with Crippen LogP contribution in [0.4, 0.5) is 0 Å². The minimum atomic E-state index is -0.370. The molecule has 2 N–H and O–H groups in total. The summed E-state index contributed by atoms with van der Waals surface area (Å²) in [5.74, 6) is -0.277. The number of carbonyl (C=O) groups is 1. The molecule has 112 valence electrons. The molecule has 0 amide bonds. The van der Waals surface area contributed by atoms with Crippen molar-refractivity contribution in [1.29, 1.82) is 0 Å². The highest BCUT2D eigenvalue weighted by Crippen LogP contribution is 2.26. The van der Waals surface area contributed by atoms with E-state index in [2.05, 4.69) is 19.7 Å². The van der Waals surface area contributed by atoms with Gasteiger partial charge in [0.1, 0.15) is 11.0 Å². The van der Waals surface area contributed by atoms with Crippen molar-refractivity contribution in [2.45, 2.75) is 5.16 Å². The molecule has 0 fully saturated rings. The normalized spacial score (nSPS) is 10.8. The van der Waals surface area contributed by atoms with Crippen LogP contribution in [-0.4, -0.2) is 33.8 Å². The Balaban J connectivity index is 2.04. The van der Waals surface area contributed by atoms with Gasteiger partial charge in [-0.3, -0.25) is 14.6 Å². The zero-order valence-electron chi connectivity index (χ0n) is 11.8. The Morgan fingerprint density at radius 3 is 2.82 bits per heavy atom. The Kier molecular flexibility index (Phi) is 3.97. The number of H-pyrrole nitrogens is 2. The van der Waals surface area contributed by atoms with Crippen molar-refractivity contribution >= 4 is 28.8 Å². The highest BCUT2D eigenvalue weighted by molar-refractivity contribution is 7.99. The number of fused-ring (bicyclic) bond motifs is 1. The number of hydrogen-bond donors (Lipinski definition) is 2. The van der Waals surface area contributed by atoms with Crippen LogP contribution >= 0.6 is 11.8 Å². The van der Waals surface area contributed by atoms with Gasteiger partial charge in [0.05, 0.1) is 12.9 Å². The quantitative estimate of drug-likeness (QED) is 0.438. The molecule has 22 heavy (non-hydrogen) atoms. The number of benzene rings is 1. The monoisotopic (exact) mass is 315 g/mol. The first-order valence-electron chi connectivity index (χ1n) is 6.55. The SMILES string of the molecule is COC(=O)CSc1nc2c(-c3ccccc3)c[nH]c2c(=O)[nH]1. The Bertz CT molecular complexity index is 871. The van der Waals surface area contributed by atoms with Crippen LogP contribution in [0.5, 0.6) is 0 Å². The molecule has 0 atom stereocenters. The number of methoxy groups -OCH3 is 1. The van der Waals surface area contributed by atoms with Crippen molar-refractivity contribution in [3.8, 4) is 11.1 Å². The van der Waals surface area contributed by atoms with Gasteiger partial charge in [0, 0.05) is 11.8 Å². The van der Waals surface area contributed by atoms with E-state index in [1.54, 1.807) is 6.20 Å². The Morgan fingerprint density at radius 2 is 2.09 bits per heavy atom. The molecule has 1 aromatic carbocycles. The molecule has 0 saturated heterocycles. The van der Waals surface area contributed by atoms with Crippen LogP contribution in [0, 0.1) is 0 Å². The summed E-state index contributed by atoms with van der Waals surface area (Å²) in [5, 5.41) is 0.389. The number of nitrogens with one attached hydrogen (secondary N) is 2. The number of ether oxygens (including phenoxy) is 1. The second kappa shape index (κ2) is 6.07. The van der Waals surface area contributed by atoms with Crippen molar-refractivity contribution in [2.24, 2.45) is 0 Å². The second-order valence-electron chi connectivity index (χ2n) is 4.53. The number of hydrogen-bond acceptors (Lipinski definition) is 5. The van der Waals surface area contributed by atoms with Crippen LogP contribution in [-0.2, 0) is 9.53 Å². The number of aromatic amines is 2. The molecular formula is C15H13N3O3S. The molecule has 0 aliphatic rings. The standard InChI is InChI=1S/C15H13N3O3S/c1-21-11(19)8-22-15-17-12-10(9-5-3-2-4-6-9)7-16-13(12)14(20)18-15/h2-7,16H,8H2,1H3,(H,17,18,20). The van der Waals surface area contributed by atoms with Gasteiger partial charge in [0.2, 0.25) is 0 Å². The lowest BCUT2D eigenvalue weighted by atomic mass is 10.1. The number of nitrogens with zero attached hydrogens (tertiary/aromatic N) is 1. The number of carbonyl (C=O) groups excluding carboxylic acids is 1. The van der Waals surface area contributed by atoms with Crippen molar-refractivity contribution in [1.82, 2.24) is 15.0 Å². The summed E-state index contributed by atoms with van der Waals surface area (Å²) in [6.45, 7) is 0. The third-order valence-electron chi connectivity index (χ3n) is 3.15. The largest absolute Gasteiger partial charge is 0.468 e. The van der Waals surface area contributed by atoms with Gasteiger partial charge in [0.25, 0.3) is 5.56 Å². The van der Waals surface area contributed by atoms with Gasteiger partial charge < -0.3 is 9.72 Å². The third kappa shape index (κ3) is 2.75. The van der Waals surface area contributed by atoms with Crippen LogP contribution in [0.3, 0.4) is 0 Å². The molecular weight excluding hydrogens is 302 g/mol. The number of esters is 1. The average molecular weight is 315 g/mol. The van der Waals surface area contributed by atoms with E-state index in [9.17, 15) is 9.59 Å². The summed E-state index contributed by atoms with van der Waals surface area (Å²) in [6.07, 6.45) is 1.76. The third-order valence-corrected chi connectivity index (χ3v) is 4.00. The lowest BCUT2D eigenvalue weighted by Crippen LogP contribution is -2.10. The van der Waals surface area contributed by atoms with E-state index in [0.717, 1.165) is 22.9 Å². The first-order valence-corrected chi connectivity index (χ1v) is 7.54.